The van der Waals surface area contributed by atoms with Crippen molar-refractivity contribution < 1.29 is 19.2 Å². The number of hydrogen-bond donors (Lipinski definition) is 1. The standard InChI is InChI=1S/C15H21NO4/c1-15(2,3)20-16-13(17)12(14(18)19-4)10-11-8-6-5-7-9-11/h5-9,12H,10H2,1-4H3,(H,16,17). The maximum atomic E-state index is 12.1. The Bertz CT molecular complexity index is 451. The molecule has 0 aliphatic rings. The molecule has 0 bridgehead atoms. The van der Waals surface area contributed by atoms with Crippen LogP contribution in [0.25, 0.3) is 0 Å². The van der Waals surface area contributed by atoms with Gasteiger partial charge < -0.3 is 4.74 Å². The van der Waals surface area contributed by atoms with E-state index in [1.54, 1.807) is 20.8 Å². The lowest BCUT2D eigenvalue weighted by atomic mass is 9.99. The van der Waals surface area contributed by atoms with Crippen LogP contribution in [0.15, 0.2) is 30.3 Å². The van der Waals surface area contributed by atoms with E-state index in [1.165, 1.54) is 7.11 Å². The highest BCUT2D eigenvalue weighted by Gasteiger charge is 2.29. The molecule has 1 atom stereocenters. The molecule has 1 unspecified atom stereocenters. The van der Waals surface area contributed by atoms with Crippen LogP contribution in [0.1, 0.15) is 26.3 Å². The van der Waals surface area contributed by atoms with Gasteiger partial charge in [-0.25, -0.2) is 5.48 Å². The summed E-state index contributed by atoms with van der Waals surface area (Å²) in [5.41, 5.74) is 2.68. The molecular formula is C15H21NO4. The van der Waals surface area contributed by atoms with Crippen molar-refractivity contribution in [3.05, 3.63) is 35.9 Å². The summed E-state index contributed by atoms with van der Waals surface area (Å²) in [5.74, 6) is -2.01. The van der Waals surface area contributed by atoms with E-state index in [1.807, 2.05) is 30.3 Å². The van der Waals surface area contributed by atoms with Crippen LogP contribution in [0.5, 0.6) is 0 Å². The second-order valence-corrected chi connectivity index (χ2v) is 5.45. The maximum Gasteiger partial charge on any atom is 0.318 e. The quantitative estimate of drug-likeness (QED) is 0.507. The lowest BCUT2D eigenvalue weighted by Crippen LogP contribution is -2.41. The Morgan fingerprint density at radius 2 is 1.80 bits per heavy atom. The van der Waals surface area contributed by atoms with Crippen molar-refractivity contribution in [2.24, 2.45) is 5.92 Å². The van der Waals surface area contributed by atoms with Crippen LogP contribution in [0.4, 0.5) is 0 Å². The third-order valence-electron chi connectivity index (χ3n) is 2.54. The number of esters is 1. The van der Waals surface area contributed by atoms with E-state index in [0.717, 1.165) is 5.56 Å². The van der Waals surface area contributed by atoms with Crippen molar-refractivity contribution in [1.82, 2.24) is 5.48 Å². The van der Waals surface area contributed by atoms with Gasteiger partial charge in [-0.05, 0) is 32.8 Å². The fourth-order valence-electron chi connectivity index (χ4n) is 1.55. The molecule has 0 aliphatic heterocycles. The number of hydrogen-bond acceptors (Lipinski definition) is 4. The molecule has 5 nitrogen and oxygen atoms in total. The predicted molar refractivity (Wildman–Crippen MR) is 74.6 cm³/mol. The van der Waals surface area contributed by atoms with Crippen molar-refractivity contribution in [3.63, 3.8) is 0 Å². The summed E-state index contributed by atoms with van der Waals surface area (Å²) >= 11 is 0. The highest BCUT2D eigenvalue weighted by molar-refractivity contribution is 5.97. The molecular weight excluding hydrogens is 258 g/mol. The monoisotopic (exact) mass is 279 g/mol. The van der Waals surface area contributed by atoms with Crippen LogP contribution in [-0.4, -0.2) is 24.6 Å². The molecule has 0 spiro atoms. The Morgan fingerprint density at radius 1 is 1.20 bits per heavy atom. The summed E-state index contributed by atoms with van der Waals surface area (Å²) in [4.78, 5) is 29.0. The molecule has 0 fully saturated rings. The van der Waals surface area contributed by atoms with Crippen molar-refractivity contribution in [2.45, 2.75) is 32.8 Å². The summed E-state index contributed by atoms with van der Waals surface area (Å²) < 4.78 is 4.68. The first-order valence-electron chi connectivity index (χ1n) is 6.43. The SMILES string of the molecule is COC(=O)C(Cc1ccccc1)C(=O)NOC(C)(C)C. The molecule has 110 valence electrons. The second-order valence-electron chi connectivity index (χ2n) is 5.45. The zero-order valence-electron chi connectivity index (χ0n) is 12.3. The van der Waals surface area contributed by atoms with Crippen LogP contribution < -0.4 is 5.48 Å². The van der Waals surface area contributed by atoms with Crippen molar-refractivity contribution in [1.29, 1.82) is 0 Å². The first-order valence-corrected chi connectivity index (χ1v) is 6.43. The Labute approximate surface area is 119 Å². The molecule has 0 saturated heterocycles. The molecule has 1 amide bonds. The molecule has 0 heterocycles. The number of methoxy groups -OCH3 is 1. The highest BCUT2D eigenvalue weighted by Crippen LogP contribution is 2.12. The van der Waals surface area contributed by atoms with Crippen LogP contribution in [0.2, 0.25) is 0 Å². The van der Waals surface area contributed by atoms with Gasteiger partial charge in [-0.2, -0.15) is 0 Å². The normalized spacial score (nSPS) is 12.6. The van der Waals surface area contributed by atoms with E-state index in [4.69, 9.17) is 4.84 Å². The predicted octanol–water partition coefficient (Wildman–Crippen LogP) is 1.86. The molecule has 1 aromatic carbocycles. The van der Waals surface area contributed by atoms with Gasteiger partial charge in [0.25, 0.3) is 5.91 Å². The Balaban J connectivity index is 2.74. The lowest BCUT2D eigenvalue weighted by molar-refractivity contribution is -0.160. The third kappa shape index (κ3) is 5.40. The summed E-state index contributed by atoms with van der Waals surface area (Å²) in [6.07, 6.45) is 0.271. The topological polar surface area (TPSA) is 64.6 Å². The largest absolute Gasteiger partial charge is 0.468 e. The number of rotatable bonds is 5. The fourth-order valence-corrected chi connectivity index (χ4v) is 1.55. The number of ether oxygens (including phenoxy) is 1. The second kappa shape index (κ2) is 7.05. The van der Waals surface area contributed by atoms with Crippen molar-refractivity contribution >= 4 is 11.9 Å². The van der Waals surface area contributed by atoms with Gasteiger partial charge in [-0.3, -0.25) is 14.4 Å². The van der Waals surface area contributed by atoms with Gasteiger partial charge in [0.2, 0.25) is 0 Å². The Kier molecular flexibility index (Phi) is 5.70. The first kappa shape index (κ1) is 16.2. The van der Waals surface area contributed by atoms with E-state index < -0.39 is 23.4 Å². The molecule has 0 aromatic heterocycles. The number of benzene rings is 1. The summed E-state index contributed by atoms with van der Waals surface area (Å²) in [6.45, 7) is 5.41. The smallest absolute Gasteiger partial charge is 0.318 e. The van der Waals surface area contributed by atoms with Gasteiger partial charge >= 0.3 is 5.97 Å². The molecule has 1 aromatic rings. The van der Waals surface area contributed by atoms with E-state index in [9.17, 15) is 9.59 Å². The van der Waals surface area contributed by atoms with E-state index in [-0.39, 0.29) is 6.42 Å². The average molecular weight is 279 g/mol. The van der Waals surface area contributed by atoms with Crippen LogP contribution in [-0.2, 0) is 25.6 Å². The highest BCUT2D eigenvalue weighted by atomic mass is 16.7. The number of carbonyl (C=O) groups is 2. The van der Waals surface area contributed by atoms with E-state index >= 15 is 0 Å². The van der Waals surface area contributed by atoms with Gasteiger partial charge in [0.05, 0.1) is 12.7 Å². The van der Waals surface area contributed by atoms with Crippen molar-refractivity contribution in [3.8, 4) is 0 Å². The molecule has 20 heavy (non-hydrogen) atoms. The van der Waals surface area contributed by atoms with Crippen LogP contribution in [0, 0.1) is 5.92 Å². The number of amides is 1. The number of carbonyl (C=O) groups excluding carboxylic acids is 2. The minimum Gasteiger partial charge on any atom is -0.468 e. The lowest BCUT2D eigenvalue weighted by Gasteiger charge is -2.21. The van der Waals surface area contributed by atoms with Gasteiger partial charge in [-0.15, -0.1) is 0 Å². The van der Waals surface area contributed by atoms with Gasteiger partial charge in [-0.1, -0.05) is 30.3 Å². The third-order valence-corrected chi connectivity index (χ3v) is 2.54. The number of hydroxylamine groups is 1. The van der Waals surface area contributed by atoms with Gasteiger partial charge in [0.1, 0.15) is 5.92 Å². The van der Waals surface area contributed by atoms with Crippen LogP contribution >= 0.6 is 0 Å². The zero-order valence-corrected chi connectivity index (χ0v) is 12.3. The fraction of sp³-hybridized carbons (Fsp3) is 0.467. The minimum absolute atomic E-state index is 0.271. The van der Waals surface area contributed by atoms with E-state index in [0.29, 0.717) is 0 Å². The van der Waals surface area contributed by atoms with Gasteiger partial charge in [0, 0.05) is 0 Å². The number of nitrogens with one attached hydrogen (secondary N) is 1. The Morgan fingerprint density at radius 3 is 2.30 bits per heavy atom. The molecule has 1 rings (SSSR count). The maximum absolute atomic E-state index is 12.1. The first-order chi connectivity index (χ1) is 9.33. The summed E-state index contributed by atoms with van der Waals surface area (Å²) in [7, 11) is 1.26. The minimum atomic E-state index is -0.926. The van der Waals surface area contributed by atoms with Crippen LogP contribution in [0.3, 0.4) is 0 Å². The Hall–Kier alpha value is -1.88. The average Bonchev–Trinajstić information content (AvgIpc) is 2.41. The van der Waals surface area contributed by atoms with Crippen molar-refractivity contribution in [2.75, 3.05) is 7.11 Å². The summed E-state index contributed by atoms with van der Waals surface area (Å²) in [6, 6.07) is 9.29. The molecule has 5 heteroatoms. The van der Waals surface area contributed by atoms with E-state index in [2.05, 4.69) is 10.2 Å². The summed E-state index contributed by atoms with van der Waals surface area (Å²) in [5, 5.41) is 0. The molecule has 1 N–H and O–H groups in total. The molecule has 0 radical (unpaired) electrons. The zero-order chi connectivity index (χ0) is 15.2. The molecule has 0 aliphatic carbocycles. The molecule has 0 saturated carbocycles. The van der Waals surface area contributed by atoms with Gasteiger partial charge in [0.15, 0.2) is 0 Å².